The van der Waals surface area contributed by atoms with E-state index in [9.17, 15) is 27.2 Å². The third-order valence-electron chi connectivity index (χ3n) is 7.44. The highest BCUT2D eigenvalue weighted by atomic mass is 19.4. The van der Waals surface area contributed by atoms with Gasteiger partial charge < -0.3 is 4.90 Å². The minimum atomic E-state index is -4.37. The minimum Gasteiger partial charge on any atom is -0.339 e. The van der Waals surface area contributed by atoms with Crippen LogP contribution in [0.5, 0.6) is 0 Å². The number of fused-ring (bicyclic) bond motifs is 1. The van der Waals surface area contributed by atoms with Crippen molar-refractivity contribution in [2.75, 3.05) is 13.1 Å². The van der Waals surface area contributed by atoms with Gasteiger partial charge in [0.05, 0.1) is 23.8 Å². The van der Waals surface area contributed by atoms with E-state index in [2.05, 4.69) is 10.1 Å². The molecule has 6 nitrogen and oxygen atoms in total. The summed E-state index contributed by atoms with van der Waals surface area (Å²) in [7, 11) is 0. The molecule has 0 unspecified atom stereocenters. The van der Waals surface area contributed by atoms with Crippen molar-refractivity contribution >= 4 is 22.6 Å². The van der Waals surface area contributed by atoms with Crippen molar-refractivity contribution in [2.45, 2.75) is 45.3 Å². The zero-order valence-electron chi connectivity index (χ0n) is 21.9. The molecule has 5 rings (SSSR count). The van der Waals surface area contributed by atoms with Crippen molar-refractivity contribution in [3.8, 4) is 11.3 Å². The molecule has 2 aromatic heterocycles. The molecule has 2 aromatic carbocycles. The third kappa shape index (κ3) is 6.21. The number of hydrogen-bond acceptors (Lipinski definition) is 4. The Balaban J connectivity index is 1.18. The molecule has 1 aliphatic heterocycles. The summed E-state index contributed by atoms with van der Waals surface area (Å²) in [6.45, 7) is 3.61. The number of benzene rings is 2. The lowest BCUT2D eigenvalue weighted by molar-refractivity contribution is -0.133. The minimum absolute atomic E-state index is 0.0414. The van der Waals surface area contributed by atoms with E-state index >= 15 is 0 Å². The number of halogens is 4. The zero-order valence-corrected chi connectivity index (χ0v) is 21.9. The molecular formula is C30H28F4N4O2. The lowest BCUT2D eigenvalue weighted by atomic mass is 9.96. The van der Waals surface area contributed by atoms with Gasteiger partial charge in [0.25, 0.3) is 5.91 Å². The normalized spacial score (nSPS) is 14.6. The fraction of sp³-hybridized carbons (Fsp3) is 0.333. The first-order chi connectivity index (χ1) is 19.1. The zero-order chi connectivity index (χ0) is 28.4. The lowest BCUT2D eigenvalue weighted by Gasteiger charge is -2.32. The highest BCUT2D eigenvalue weighted by Crippen LogP contribution is 2.28. The average Bonchev–Trinajstić information content (AvgIpc) is 3.35. The molecule has 0 bridgehead atoms. The monoisotopic (exact) mass is 552 g/mol. The predicted molar refractivity (Wildman–Crippen MR) is 142 cm³/mol. The number of hydrogen-bond donors (Lipinski definition) is 0. The summed E-state index contributed by atoms with van der Waals surface area (Å²) in [6, 6.07) is 13.3. The van der Waals surface area contributed by atoms with Gasteiger partial charge in [0.15, 0.2) is 5.78 Å². The molecular weight excluding hydrogens is 524 g/mol. The fourth-order valence-electron chi connectivity index (χ4n) is 5.16. The number of likely N-dealkylation sites (tertiary alicyclic amines) is 1. The largest absolute Gasteiger partial charge is 0.389 e. The number of aromatic nitrogens is 3. The Morgan fingerprint density at radius 2 is 1.73 bits per heavy atom. The van der Waals surface area contributed by atoms with E-state index in [-0.39, 0.29) is 5.91 Å². The number of ketones is 1. The van der Waals surface area contributed by atoms with Crippen LogP contribution in [0.15, 0.2) is 60.9 Å². The number of alkyl halides is 3. The van der Waals surface area contributed by atoms with Crippen molar-refractivity contribution in [1.29, 1.82) is 0 Å². The Morgan fingerprint density at radius 3 is 2.38 bits per heavy atom. The van der Waals surface area contributed by atoms with Crippen LogP contribution in [0, 0.1) is 18.7 Å². The Bertz CT molecular complexity index is 1520. The maximum absolute atomic E-state index is 13.1. The van der Waals surface area contributed by atoms with E-state index in [0.29, 0.717) is 53.5 Å². The number of piperidine rings is 1. The van der Waals surface area contributed by atoms with Gasteiger partial charge >= 0.3 is 6.18 Å². The number of Topliss-reactive ketones (excluding diaryl/α,β-unsaturated/α-hetero) is 1. The Labute approximate surface area is 228 Å². The Kier molecular flexibility index (Phi) is 7.69. The molecule has 0 N–H and O–H groups in total. The van der Waals surface area contributed by atoms with E-state index in [4.69, 9.17) is 0 Å². The fourth-order valence-corrected chi connectivity index (χ4v) is 5.16. The first kappa shape index (κ1) is 27.5. The quantitative estimate of drug-likeness (QED) is 0.191. The number of aryl methyl sites for hydroxylation is 1. The average molecular weight is 553 g/mol. The molecule has 40 heavy (non-hydrogen) atoms. The highest BCUT2D eigenvalue weighted by Gasteiger charge is 2.29. The molecule has 1 fully saturated rings. The van der Waals surface area contributed by atoms with Crippen LogP contribution < -0.4 is 0 Å². The topological polar surface area (TPSA) is 68.1 Å². The maximum atomic E-state index is 13.1. The van der Waals surface area contributed by atoms with Gasteiger partial charge in [0.1, 0.15) is 5.82 Å². The SMILES string of the molecule is Cc1c(C(=O)CCC(F)(F)F)ccc2nn(CC3CCN(C(=O)c4ccc(-c5ccc(F)cn5)cc4)CC3)cc12. The van der Waals surface area contributed by atoms with Gasteiger partial charge in [-0.1, -0.05) is 12.1 Å². The number of pyridine rings is 1. The summed E-state index contributed by atoms with van der Waals surface area (Å²) in [5.41, 5.74) is 3.64. The maximum Gasteiger partial charge on any atom is 0.389 e. The summed E-state index contributed by atoms with van der Waals surface area (Å²) in [6.07, 6.45) is -1.46. The first-order valence-electron chi connectivity index (χ1n) is 13.2. The molecule has 0 radical (unpaired) electrons. The van der Waals surface area contributed by atoms with E-state index < -0.39 is 30.6 Å². The van der Waals surface area contributed by atoms with Gasteiger partial charge in [-0.2, -0.15) is 18.3 Å². The molecule has 1 saturated heterocycles. The molecule has 10 heteroatoms. The van der Waals surface area contributed by atoms with Gasteiger partial charge in [-0.25, -0.2) is 4.39 Å². The van der Waals surface area contributed by atoms with Crippen LogP contribution in [0.1, 0.15) is 52.0 Å². The van der Waals surface area contributed by atoms with Crippen LogP contribution in [0.4, 0.5) is 17.6 Å². The molecule has 3 heterocycles. The summed E-state index contributed by atoms with van der Waals surface area (Å²) in [5.74, 6) is -0.666. The molecule has 0 aliphatic carbocycles. The van der Waals surface area contributed by atoms with Crippen molar-refractivity contribution in [1.82, 2.24) is 19.7 Å². The van der Waals surface area contributed by atoms with Crippen molar-refractivity contribution in [2.24, 2.45) is 5.92 Å². The van der Waals surface area contributed by atoms with E-state index in [1.165, 1.54) is 6.07 Å². The smallest absolute Gasteiger partial charge is 0.339 e. The molecule has 0 atom stereocenters. The Morgan fingerprint density at radius 1 is 1.00 bits per heavy atom. The molecule has 0 spiro atoms. The van der Waals surface area contributed by atoms with Crippen LogP contribution in [-0.4, -0.2) is 50.6 Å². The van der Waals surface area contributed by atoms with Crippen LogP contribution in [0.25, 0.3) is 22.2 Å². The summed E-state index contributed by atoms with van der Waals surface area (Å²) >= 11 is 0. The number of carbonyl (C=O) groups is 2. The van der Waals surface area contributed by atoms with Gasteiger partial charge in [-0.15, -0.1) is 0 Å². The molecule has 1 amide bonds. The van der Waals surface area contributed by atoms with Crippen molar-refractivity contribution in [3.63, 3.8) is 0 Å². The Hall–Kier alpha value is -4.08. The van der Waals surface area contributed by atoms with E-state index in [1.807, 2.05) is 15.8 Å². The third-order valence-corrected chi connectivity index (χ3v) is 7.44. The van der Waals surface area contributed by atoms with Gasteiger partial charge in [0, 0.05) is 54.3 Å². The van der Waals surface area contributed by atoms with Crippen molar-refractivity contribution in [3.05, 3.63) is 83.4 Å². The van der Waals surface area contributed by atoms with E-state index in [1.54, 1.807) is 49.4 Å². The molecule has 1 aliphatic rings. The van der Waals surface area contributed by atoms with Crippen LogP contribution in [0.3, 0.4) is 0 Å². The molecule has 4 aromatic rings. The summed E-state index contributed by atoms with van der Waals surface area (Å²) < 4.78 is 52.6. The summed E-state index contributed by atoms with van der Waals surface area (Å²) in [4.78, 5) is 31.3. The second kappa shape index (κ2) is 11.2. The van der Waals surface area contributed by atoms with Gasteiger partial charge in [-0.3, -0.25) is 19.3 Å². The number of amides is 1. The second-order valence-electron chi connectivity index (χ2n) is 10.2. The van der Waals surface area contributed by atoms with Crippen LogP contribution in [0.2, 0.25) is 0 Å². The second-order valence-corrected chi connectivity index (χ2v) is 10.2. The molecule has 0 saturated carbocycles. The van der Waals surface area contributed by atoms with Gasteiger partial charge in [0.2, 0.25) is 0 Å². The summed E-state index contributed by atoms with van der Waals surface area (Å²) in [5, 5.41) is 5.37. The van der Waals surface area contributed by atoms with Crippen molar-refractivity contribution < 1.29 is 27.2 Å². The van der Waals surface area contributed by atoms with Gasteiger partial charge in [-0.05, 0) is 67.6 Å². The number of rotatable bonds is 7. The van der Waals surface area contributed by atoms with E-state index in [0.717, 1.165) is 30.0 Å². The standard InChI is InChI=1S/C30H28F4N4O2/c1-19-24(28(39)10-13-30(32,33)34)7-9-27-25(19)18-38(36-27)17-20-11-14-37(15-12-20)29(40)22-4-2-21(3-5-22)26-8-6-23(31)16-35-26/h2-9,16,18,20H,10-15,17H2,1H3. The predicted octanol–water partition coefficient (Wildman–Crippen LogP) is 6.62. The first-order valence-corrected chi connectivity index (χ1v) is 13.2. The molecule has 208 valence electrons. The number of nitrogens with zero attached hydrogens (tertiary/aromatic N) is 4. The number of carbonyl (C=O) groups excluding carboxylic acids is 2. The highest BCUT2D eigenvalue weighted by molar-refractivity contribution is 6.01. The van der Waals surface area contributed by atoms with Crippen LogP contribution in [-0.2, 0) is 6.54 Å². The van der Waals surface area contributed by atoms with Crippen LogP contribution >= 0.6 is 0 Å². The lowest BCUT2D eigenvalue weighted by Crippen LogP contribution is -2.39.